The summed E-state index contributed by atoms with van der Waals surface area (Å²) < 4.78 is 5.47. The minimum Gasteiger partial charge on any atom is -0.397 e. The number of nitrogens with zero attached hydrogens (tertiary/aromatic N) is 2. The first-order valence-electron chi connectivity index (χ1n) is 5.36. The van der Waals surface area contributed by atoms with E-state index in [2.05, 4.69) is 23.7 Å². The molecule has 0 aromatic carbocycles. The Labute approximate surface area is 100 Å². The summed E-state index contributed by atoms with van der Waals surface area (Å²) >= 11 is 5.86. The number of rotatable bonds is 1. The van der Waals surface area contributed by atoms with Gasteiger partial charge in [0.15, 0.2) is 0 Å². The fraction of sp³-hybridized carbons (Fsp3) is 0.545. The van der Waals surface area contributed by atoms with Gasteiger partial charge in [0.2, 0.25) is 0 Å². The van der Waals surface area contributed by atoms with E-state index in [1.807, 2.05) is 6.07 Å². The number of pyridine rings is 1. The predicted molar refractivity (Wildman–Crippen MR) is 65.9 cm³/mol. The number of hydrogen-bond donors (Lipinski definition) is 1. The van der Waals surface area contributed by atoms with Crippen molar-refractivity contribution in [1.82, 2.24) is 4.98 Å². The van der Waals surface area contributed by atoms with Crippen molar-refractivity contribution in [3.05, 3.63) is 17.3 Å². The Hall–Kier alpha value is -1.00. The van der Waals surface area contributed by atoms with Crippen LogP contribution in [0.5, 0.6) is 0 Å². The molecule has 2 N–H and O–H groups in total. The molecule has 1 aliphatic heterocycles. The lowest BCUT2D eigenvalue weighted by atomic mass is 10.1. The van der Waals surface area contributed by atoms with E-state index in [9.17, 15) is 0 Å². The van der Waals surface area contributed by atoms with Crippen LogP contribution in [0.3, 0.4) is 0 Å². The van der Waals surface area contributed by atoms with Crippen molar-refractivity contribution in [3.63, 3.8) is 0 Å². The number of ether oxygens (including phenoxy) is 1. The number of nitrogen functional groups attached to an aromatic ring is 1. The normalized spacial score (nSPS) is 25.8. The van der Waals surface area contributed by atoms with Gasteiger partial charge in [-0.25, -0.2) is 4.98 Å². The zero-order chi connectivity index (χ0) is 11.7. The third-order valence-electron chi connectivity index (χ3n) is 2.80. The van der Waals surface area contributed by atoms with Crippen LogP contribution in [0, 0.1) is 0 Å². The molecule has 5 heteroatoms. The fourth-order valence-corrected chi connectivity index (χ4v) is 2.14. The first-order chi connectivity index (χ1) is 7.59. The van der Waals surface area contributed by atoms with Gasteiger partial charge in [-0.2, -0.15) is 0 Å². The van der Waals surface area contributed by atoms with Gasteiger partial charge in [-0.05, 0) is 13.8 Å². The van der Waals surface area contributed by atoms with E-state index in [4.69, 9.17) is 22.1 Å². The Kier molecular flexibility index (Phi) is 3.21. The highest BCUT2D eigenvalue weighted by Crippen LogP contribution is 2.26. The first kappa shape index (κ1) is 11.5. The highest BCUT2D eigenvalue weighted by atomic mass is 35.5. The smallest absolute Gasteiger partial charge is 0.131 e. The molecule has 1 aromatic heterocycles. The van der Waals surface area contributed by atoms with E-state index in [-0.39, 0.29) is 0 Å². The molecule has 0 unspecified atom stereocenters. The van der Waals surface area contributed by atoms with Crippen molar-refractivity contribution in [2.24, 2.45) is 0 Å². The summed E-state index contributed by atoms with van der Waals surface area (Å²) in [5.74, 6) is 0.866. The van der Waals surface area contributed by atoms with Gasteiger partial charge >= 0.3 is 0 Å². The van der Waals surface area contributed by atoms with E-state index in [0.29, 0.717) is 36.0 Å². The number of halogens is 1. The SMILES string of the molecule is C[C@@H]1COC[C@H](C)N1c1cc(N)c(Cl)cn1. The van der Waals surface area contributed by atoms with E-state index >= 15 is 0 Å². The fourth-order valence-electron chi connectivity index (χ4n) is 2.04. The third kappa shape index (κ3) is 2.08. The maximum atomic E-state index is 5.86. The molecule has 0 bridgehead atoms. The van der Waals surface area contributed by atoms with Crippen molar-refractivity contribution in [2.45, 2.75) is 25.9 Å². The van der Waals surface area contributed by atoms with Gasteiger partial charge in [0, 0.05) is 12.3 Å². The minimum atomic E-state index is 0.303. The van der Waals surface area contributed by atoms with Crippen LogP contribution < -0.4 is 10.6 Å². The van der Waals surface area contributed by atoms with Crippen LogP contribution in [0.2, 0.25) is 5.02 Å². The van der Waals surface area contributed by atoms with Crippen molar-refractivity contribution < 1.29 is 4.74 Å². The van der Waals surface area contributed by atoms with Crippen LogP contribution in [0.4, 0.5) is 11.5 Å². The second-order valence-corrected chi connectivity index (χ2v) is 4.61. The van der Waals surface area contributed by atoms with Crippen LogP contribution in [0.15, 0.2) is 12.3 Å². The number of morpholine rings is 1. The molecule has 0 amide bonds. The maximum Gasteiger partial charge on any atom is 0.131 e. The number of aromatic nitrogens is 1. The van der Waals surface area contributed by atoms with Gasteiger partial charge < -0.3 is 15.4 Å². The Bertz CT molecular complexity index is 375. The molecule has 2 atom stereocenters. The average Bonchev–Trinajstić information content (AvgIpc) is 2.23. The standard InChI is InChI=1S/C11H16ClN3O/c1-7-5-16-6-8(2)15(7)11-3-10(13)9(12)4-14-11/h3-4,7-8H,5-6H2,1-2H3,(H2,13,14)/t7-,8+. The lowest BCUT2D eigenvalue weighted by molar-refractivity contribution is 0.0752. The van der Waals surface area contributed by atoms with Crippen molar-refractivity contribution in [1.29, 1.82) is 0 Å². The second-order valence-electron chi connectivity index (χ2n) is 4.21. The van der Waals surface area contributed by atoms with Crippen LogP contribution in [-0.2, 0) is 4.74 Å². The molecule has 1 fully saturated rings. The summed E-state index contributed by atoms with van der Waals surface area (Å²) in [6, 6.07) is 2.43. The number of anilines is 2. The van der Waals surface area contributed by atoms with E-state index in [0.717, 1.165) is 5.82 Å². The summed E-state index contributed by atoms with van der Waals surface area (Å²) in [4.78, 5) is 6.54. The number of nitrogens with two attached hydrogens (primary N) is 1. The van der Waals surface area contributed by atoms with Crippen LogP contribution in [0.25, 0.3) is 0 Å². The molecule has 1 aromatic rings. The summed E-state index contributed by atoms with van der Waals surface area (Å²) in [6.45, 7) is 5.66. The molecule has 0 spiro atoms. The topological polar surface area (TPSA) is 51.4 Å². The molecule has 4 nitrogen and oxygen atoms in total. The molecule has 16 heavy (non-hydrogen) atoms. The van der Waals surface area contributed by atoms with Crippen LogP contribution in [0.1, 0.15) is 13.8 Å². The monoisotopic (exact) mass is 241 g/mol. The van der Waals surface area contributed by atoms with E-state index in [1.165, 1.54) is 0 Å². The third-order valence-corrected chi connectivity index (χ3v) is 3.12. The molecular formula is C11H16ClN3O. The Morgan fingerprint density at radius 3 is 2.62 bits per heavy atom. The largest absolute Gasteiger partial charge is 0.397 e. The molecule has 1 saturated heterocycles. The summed E-state index contributed by atoms with van der Waals surface area (Å²) in [7, 11) is 0. The van der Waals surface area contributed by atoms with Crippen LogP contribution >= 0.6 is 11.6 Å². The second kappa shape index (κ2) is 4.47. The van der Waals surface area contributed by atoms with Gasteiger partial charge in [0.1, 0.15) is 5.82 Å². The molecule has 2 heterocycles. The van der Waals surface area contributed by atoms with Crippen molar-refractivity contribution >= 4 is 23.1 Å². The van der Waals surface area contributed by atoms with Gasteiger partial charge in [-0.1, -0.05) is 11.6 Å². The molecular weight excluding hydrogens is 226 g/mol. The van der Waals surface area contributed by atoms with Gasteiger partial charge in [-0.15, -0.1) is 0 Å². The van der Waals surface area contributed by atoms with Crippen LogP contribution in [-0.4, -0.2) is 30.3 Å². The van der Waals surface area contributed by atoms with Crippen molar-refractivity contribution in [2.75, 3.05) is 23.8 Å². The Balaban J connectivity index is 2.30. The van der Waals surface area contributed by atoms with E-state index < -0.39 is 0 Å². The zero-order valence-corrected chi connectivity index (χ0v) is 10.2. The molecule has 0 aliphatic carbocycles. The Morgan fingerprint density at radius 2 is 2.06 bits per heavy atom. The maximum absolute atomic E-state index is 5.86. The molecule has 0 saturated carbocycles. The highest BCUT2D eigenvalue weighted by Gasteiger charge is 2.26. The Morgan fingerprint density at radius 1 is 1.44 bits per heavy atom. The quantitative estimate of drug-likeness (QED) is 0.816. The average molecular weight is 242 g/mol. The van der Waals surface area contributed by atoms with Gasteiger partial charge in [0.05, 0.1) is 36.0 Å². The first-order valence-corrected chi connectivity index (χ1v) is 5.74. The summed E-state index contributed by atoms with van der Waals surface area (Å²) in [5, 5.41) is 0.498. The molecule has 0 radical (unpaired) electrons. The lowest BCUT2D eigenvalue weighted by Crippen LogP contribution is -2.50. The number of hydrogen-bond acceptors (Lipinski definition) is 4. The zero-order valence-electron chi connectivity index (χ0n) is 9.48. The van der Waals surface area contributed by atoms with Gasteiger partial charge in [-0.3, -0.25) is 0 Å². The lowest BCUT2D eigenvalue weighted by Gasteiger charge is -2.39. The molecule has 88 valence electrons. The molecule has 2 rings (SSSR count). The van der Waals surface area contributed by atoms with Crippen molar-refractivity contribution in [3.8, 4) is 0 Å². The molecule has 1 aliphatic rings. The summed E-state index contributed by atoms with van der Waals surface area (Å²) in [6.07, 6.45) is 1.60. The van der Waals surface area contributed by atoms with E-state index in [1.54, 1.807) is 6.20 Å². The predicted octanol–water partition coefficient (Wildman–Crippen LogP) is 1.93. The highest BCUT2D eigenvalue weighted by molar-refractivity contribution is 6.32. The van der Waals surface area contributed by atoms with Gasteiger partial charge in [0.25, 0.3) is 0 Å². The summed E-state index contributed by atoms with van der Waals surface area (Å²) in [5.41, 5.74) is 6.36. The minimum absolute atomic E-state index is 0.303.